The fourth-order valence-electron chi connectivity index (χ4n) is 3.31. The van der Waals surface area contributed by atoms with E-state index in [1.165, 1.54) is 32.1 Å². The molecule has 0 aliphatic heterocycles. The fraction of sp³-hybridized carbons (Fsp3) is 0.455. The molecular weight excluding hydrogens is 336 g/mol. The first-order valence-electron chi connectivity index (χ1n) is 10.00. The van der Waals surface area contributed by atoms with Crippen molar-refractivity contribution in [2.24, 2.45) is 4.99 Å². The number of rotatable bonds is 7. The monoisotopic (exact) mass is 366 g/mol. The van der Waals surface area contributed by atoms with Crippen molar-refractivity contribution in [3.63, 3.8) is 0 Å². The second-order valence-electron chi connectivity index (χ2n) is 6.93. The summed E-state index contributed by atoms with van der Waals surface area (Å²) in [5.41, 5.74) is 2.06. The van der Waals surface area contributed by atoms with Gasteiger partial charge in [0.1, 0.15) is 12.4 Å². The third kappa shape index (κ3) is 6.59. The molecule has 0 unspecified atom stereocenters. The zero-order chi connectivity index (χ0) is 18.7. The van der Waals surface area contributed by atoms with Gasteiger partial charge in [0.25, 0.3) is 0 Å². The number of pyridine rings is 1. The number of nitrogens with zero attached hydrogens (tertiary/aromatic N) is 2. The molecule has 1 heterocycles. The van der Waals surface area contributed by atoms with Gasteiger partial charge in [-0.1, -0.05) is 37.5 Å². The Kier molecular flexibility index (Phi) is 7.51. The predicted molar refractivity (Wildman–Crippen MR) is 110 cm³/mol. The van der Waals surface area contributed by atoms with Crippen molar-refractivity contribution in [3.8, 4) is 5.75 Å². The molecule has 27 heavy (non-hydrogen) atoms. The smallest absolute Gasteiger partial charge is 0.191 e. The highest BCUT2D eigenvalue weighted by molar-refractivity contribution is 5.80. The summed E-state index contributed by atoms with van der Waals surface area (Å²) in [6.07, 6.45) is 8.24. The number of aromatic nitrogens is 1. The van der Waals surface area contributed by atoms with E-state index < -0.39 is 0 Å². The molecule has 5 heteroatoms. The van der Waals surface area contributed by atoms with Crippen molar-refractivity contribution >= 4 is 5.96 Å². The Labute approximate surface area is 162 Å². The van der Waals surface area contributed by atoms with Crippen LogP contribution >= 0.6 is 0 Å². The maximum Gasteiger partial charge on any atom is 0.191 e. The van der Waals surface area contributed by atoms with Gasteiger partial charge in [-0.2, -0.15) is 0 Å². The van der Waals surface area contributed by atoms with Gasteiger partial charge >= 0.3 is 0 Å². The summed E-state index contributed by atoms with van der Waals surface area (Å²) in [6, 6.07) is 14.5. The lowest BCUT2D eigenvalue weighted by atomic mass is 9.96. The zero-order valence-electron chi connectivity index (χ0n) is 16.2. The number of hydrogen-bond acceptors (Lipinski definition) is 3. The standard InChI is InChI=1S/C22H30N4O/c1-2-23-22(26-19-10-4-3-5-11-19)25-16-18-9-8-13-21(15-18)27-17-20-12-6-7-14-24-20/h6-9,12-15,19H,2-5,10-11,16-17H2,1H3,(H2,23,25,26). The average molecular weight is 367 g/mol. The van der Waals surface area contributed by atoms with Crippen LogP contribution in [0.25, 0.3) is 0 Å². The van der Waals surface area contributed by atoms with Crippen LogP contribution in [-0.4, -0.2) is 23.5 Å². The summed E-state index contributed by atoms with van der Waals surface area (Å²) < 4.78 is 5.87. The molecule has 5 nitrogen and oxygen atoms in total. The Morgan fingerprint density at radius 2 is 2.04 bits per heavy atom. The molecule has 0 amide bonds. The van der Waals surface area contributed by atoms with Crippen molar-refractivity contribution in [1.29, 1.82) is 0 Å². The molecular formula is C22H30N4O. The van der Waals surface area contributed by atoms with E-state index in [1.54, 1.807) is 6.20 Å². The van der Waals surface area contributed by atoms with Gasteiger partial charge in [-0.3, -0.25) is 4.98 Å². The number of aliphatic imine (C=N–C) groups is 1. The topological polar surface area (TPSA) is 58.5 Å². The van der Waals surface area contributed by atoms with Crippen LogP contribution in [0.5, 0.6) is 5.75 Å². The molecule has 1 fully saturated rings. The second kappa shape index (κ2) is 10.6. The third-order valence-corrected chi connectivity index (χ3v) is 4.72. The molecule has 1 aromatic carbocycles. The summed E-state index contributed by atoms with van der Waals surface area (Å²) in [6.45, 7) is 4.07. The van der Waals surface area contributed by atoms with E-state index in [2.05, 4.69) is 34.7 Å². The predicted octanol–water partition coefficient (Wildman–Crippen LogP) is 4.05. The van der Waals surface area contributed by atoms with Gasteiger partial charge in [-0.25, -0.2) is 4.99 Å². The maximum atomic E-state index is 5.87. The van der Waals surface area contributed by atoms with Crippen LogP contribution in [0.1, 0.15) is 50.3 Å². The number of nitrogens with one attached hydrogen (secondary N) is 2. The average Bonchev–Trinajstić information content (AvgIpc) is 2.72. The summed E-state index contributed by atoms with van der Waals surface area (Å²) in [4.78, 5) is 9.05. The molecule has 0 atom stereocenters. The SMILES string of the molecule is CCNC(=NCc1cccc(OCc2ccccn2)c1)NC1CCCCC1. The number of hydrogen-bond donors (Lipinski definition) is 2. The van der Waals surface area contributed by atoms with E-state index in [0.717, 1.165) is 29.5 Å². The molecule has 1 aliphatic carbocycles. The third-order valence-electron chi connectivity index (χ3n) is 4.72. The molecule has 1 aromatic heterocycles. The Morgan fingerprint density at radius 3 is 2.81 bits per heavy atom. The molecule has 2 aromatic rings. The van der Waals surface area contributed by atoms with Crippen molar-refractivity contribution in [2.75, 3.05) is 6.54 Å². The summed E-state index contributed by atoms with van der Waals surface area (Å²) in [5, 5.41) is 6.95. The Hall–Kier alpha value is -2.56. The quantitative estimate of drug-likeness (QED) is 0.573. The van der Waals surface area contributed by atoms with Gasteiger partial charge in [0.2, 0.25) is 0 Å². The summed E-state index contributed by atoms with van der Waals surface area (Å²) in [5.74, 6) is 1.75. The van der Waals surface area contributed by atoms with Crippen molar-refractivity contribution < 1.29 is 4.74 Å². The lowest BCUT2D eigenvalue weighted by molar-refractivity contribution is 0.301. The molecule has 144 valence electrons. The molecule has 1 aliphatic rings. The second-order valence-corrected chi connectivity index (χ2v) is 6.93. The zero-order valence-corrected chi connectivity index (χ0v) is 16.2. The normalized spacial score (nSPS) is 15.4. The highest BCUT2D eigenvalue weighted by Crippen LogP contribution is 2.18. The van der Waals surface area contributed by atoms with E-state index in [9.17, 15) is 0 Å². The van der Waals surface area contributed by atoms with Crippen molar-refractivity contribution in [3.05, 3.63) is 59.9 Å². The largest absolute Gasteiger partial charge is 0.487 e. The first kappa shape index (κ1) is 19.2. The van der Waals surface area contributed by atoms with Gasteiger partial charge in [-0.15, -0.1) is 0 Å². The van der Waals surface area contributed by atoms with Gasteiger partial charge in [0, 0.05) is 18.8 Å². The Bertz CT molecular complexity index is 711. The van der Waals surface area contributed by atoms with Crippen molar-refractivity contribution in [2.45, 2.75) is 58.2 Å². The molecule has 3 rings (SSSR count). The number of benzene rings is 1. The molecule has 0 bridgehead atoms. The van der Waals surface area contributed by atoms with Crippen LogP contribution in [0.15, 0.2) is 53.7 Å². The first-order chi connectivity index (χ1) is 13.3. The minimum absolute atomic E-state index is 0.472. The molecule has 0 saturated heterocycles. The minimum Gasteiger partial charge on any atom is -0.487 e. The van der Waals surface area contributed by atoms with Crippen molar-refractivity contribution in [1.82, 2.24) is 15.6 Å². The minimum atomic E-state index is 0.472. The fourth-order valence-corrected chi connectivity index (χ4v) is 3.31. The molecule has 0 radical (unpaired) electrons. The van der Waals surface area contributed by atoms with E-state index in [0.29, 0.717) is 19.2 Å². The molecule has 2 N–H and O–H groups in total. The lowest BCUT2D eigenvalue weighted by Crippen LogP contribution is -2.44. The lowest BCUT2D eigenvalue weighted by Gasteiger charge is -2.24. The van der Waals surface area contributed by atoms with E-state index in [-0.39, 0.29) is 0 Å². The maximum absolute atomic E-state index is 5.87. The van der Waals surface area contributed by atoms with E-state index >= 15 is 0 Å². The van der Waals surface area contributed by atoms with E-state index in [4.69, 9.17) is 9.73 Å². The van der Waals surface area contributed by atoms with Gasteiger partial charge in [0.15, 0.2) is 5.96 Å². The van der Waals surface area contributed by atoms with Crippen LogP contribution < -0.4 is 15.4 Å². The highest BCUT2D eigenvalue weighted by Gasteiger charge is 2.14. The van der Waals surface area contributed by atoms with Crippen LogP contribution in [0.2, 0.25) is 0 Å². The van der Waals surface area contributed by atoms with Crippen LogP contribution in [0.3, 0.4) is 0 Å². The van der Waals surface area contributed by atoms with E-state index in [1.807, 2.05) is 30.3 Å². The van der Waals surface area contributed by atoms with Crippen LogP contribution in [-0.2, 0) is 13.2 Å². The molecule has 1 saturated carbocycles. The summed E-state index contributed by atoms with van der Waals surface area (Å²) in [7, 11) is 0. The summed E-state index contributed by atoms with van der Waals surface area (Å²) >= 11 is 0. The van der Waals surface area contributed by atoms with Crippen LogP contribution in [0, 0.1) is 0 Å². The van der Waals surface area contributed by atoms with Gasteiger partial charge in [0.05, 0.1) is 12.2 Å². The van der Waals surface area contributed by atoms with Gasteiger partial charge < -0.3 is 15.4 Å². The number of guanidine groups is 1. The molecule has 0 spiro atoms. The van der Waals surface area contributed by atoms with Gasteiger partial charge in [-0.05, 0) is 49.6 Å². The Balaban J connectivity index is 1.57. The Morgan fingerprint density at radius 1 is 1.15 bits per heavy atom. The number of ether oxygens (including phenoxy) is 1. The highest BCUT2D eigenvalue weighted by atomic mass is 16.5. The first-order valence-corrected chi connectivity index (χ1v) is 10.00. The van der Waals surface area contributed by atoms with Crippen LogP contribution in [0.4, 0.5) is 0 Å².